The van der Waals surface area contributed by atoms with E-state index in [1.54, 1.807) is 27.7 Å². The molecule has 0 saturated heterocycles. The standard InChI is InChI=1S/C30H47N5O9/c1-7-43-28(40)22(15-19(2)3)35-26(38)21(16-24(31)36)34-27(39)23(18-42-17-20-11-9-8-10-12-20)33-25(37)13-14-32-29(41)44-30(4,5)6/h8-12,19,21-23H,7,13-18H2,1-6H3,(H2,31,36)(H,32,41)(H,33,37)(H,34,39)(H,35,38)/t21-,22-,23-/m0/s1. The number of rotatable bonds is 18. The van der Waals surface area contributed by atoms with Gasteiger partial charge in [-0.2, -0.15) is 0 Å². The summed E-state index contributed by atoms with van der Waals surface area (Å²) in [7, 11) is 0. The van der Waals surface area contributed by atoms with Crippen LogP contribution in [0.3, 0.4) is 0 Å². The quantitative estimate of drug-likeness (QED) is 0.148. The van der Waals surface area contributed by atoms with Gasteiger partial charge in [-0.3, -0.25) is 19.2 Å². The van der Waals surface area contributed by atoms with Gasteiger partial charge in [0.1, 0.15) is 23.7 Å². The van der Waals surface area contributed by atoms with E-state index in [9.17, 15) is 28.8 Å². The second-order valence-corrected chi connectivity index (χ2v) is 11.5. The summed E-state index contributed by atoms with van der Waals surface area (Å²) in [5, 5.41) is 9.97. The monoisotopic (exact) mass is 621 g/mol. The lowest BCUT2D eigenvalue weighted by molar-refractivity contribution is -0.148. The van der Waals surface area contributed by atoms with E-state index in [4.69, 9.17) is 19.9 Å². The zero-order valence-electron chi connectivity index (χ0n) is 26.4. The highest BCUT2D eigenvalue weighted by molar-refractivity contribution is 5.95. The maximum atomic E-state index is 13.3. The first-order chi connectivity index (χ1) is 20.6. The average Bonchev–Trinajstić information content (AvgIpc) is 2.90. The van der Waals surface area contributed by atoms with Gasteiger partial charge in [-0.1, -0.05) is 44.2 Å². The Morgan fingerprint density at radius 3 is 2.07 bits per heavy atom. The van der Waals surface area contributed by atoms with Gasteiger partial charge in [-0.15, -0.1) is 0 Å². The third-order valence-corrected chi connectivity index (χ3v) is 5.70. The van der Waals surface area contributed by atoms with Gasteiger partial charge in [0.05, 0.1) is 26.2 Å². The van der Waals surface area contributed by atoms with Crippen molar-refractivity contribution < 1.29 is 43.0 Å². The number of nitrogens with two attached hydrogens (primary N) is 1. The van der Waals surface area contributed by atoms with Gasteiger partial charge in [-0.05, 0) is 45.6 Å². The van der Waals surface area contributed by atoms with Crippen molar-refractivity contribution in [3.05, 3.63) is 35.9 Å². The minimum atomic E-state index is -1.45. The van der Waals surface area contributed by atoms with Gasteiger partial charge in [-0.25, -0.2) is 9.59 Å². The van der Waals surface area contributed by atoms with Crippen LogP contribution in [0.25, 0.3) is 0 Å². The van der Waals surface area contributed by atoms with Crippen LogP contribution in [0.2, 0.25) is 0 Å². The summed E-state index contributed by atoms with van der Waals surface area (Å²) < 4.78 is 15.9. The summed E-state index contributed by atoms with van der Waals surface area (Å²) in [4.78, 5) is 75.3. The molecule has 246 valence electrons. The number of ether oxygens (including phenoxy) is 3. The molecule has 0 heterocycles. The zero-order chi connectivity index (χ0) is 33.3. The predicted octanol–water partition coefficient (Wildman–Crippen LogP) is 1.06. The summed E-state index contributed by atoms with van der Waals surface area (Å²) in [6, 6.07) is 5.36. The molecule has 14 nitrogen and oxygen atoms in total. The van der Waals surface area contributed by atoms with Crippen molar-refractivity contribution >= 4 is 35.7 Å². The van der Waals surface area contributed by atoms with Crippen LogP contribution < -0.4 is 27.0 Å². The van der Waals surface area contributed by atoms with Gasteiger partial charge in [0, 0.05) is 13.0 Å². The Labute approximate surface area is 258 Å². The Balaban J connectivity index is 3.01. The highest BCUT2D eigenvalue weighted by Crippen LogP contribution is 2.09. The highest BCUT2D eigenvalue weighted by atomic mass is 16.6. The number of primary amides is 1. The van der Waals surface area contributed by atoms with E-state index in [-0.39, 0.29) is 45.1 Å². The highest BCUT2D eigenvalue weighted by Gasteiger charge is 2.31. The number of benzene rings is 1. The molecule has 6 N–H and O–H groups in total. The molecule has 0 aliphatic carbocycles. The Morgan fingerprint density at radius 1 is 0.886 bits per heavy atom. The smallest absolute Gasteiger partial charge is 0.407 e. The molecule has 0 fully saturated rings. The Kier molecular flexibility index (Phi) is 16.5. The van der Waals surface area contributed by atoms with Gasteiger partial charge in [0.25, 0.3) is 0 Å². The molecule has 3 atom stereocenters. The number of carbonyl (C=O) groups excluding carboxylic acids is 6. The molecule has 1 aromatic carbocycles. The maximum absolute atomic E-state index is 13.3. The van der Waals surface area contributed by atoms with Crippen molar-refractivity contribution in [1.29, 1.82) is 0 Å². The predicted molar refractivity (Wildman–Crippen MR) is 161 cm³/mol. The van der Waals surface area contributed by atoms with E-state index in [2.05, 4.69) is 21.3 Å². The van der Waals surface area contributed by atoms with Crippen LogP contribution in [-0.4, -0.2) is 79.2 Å². The van der Waals surface area contributed by atoms with Gasteiger partial charge >= 0.3 is 12.1 Å². The van der Waals surface area contributed by atoms with E-state index < -0.39 is 65.8 Å². The first-order valence-electron chi connectivity index (χ1n) is 14.5. The van der Waals surface area contributed by atoms with Crippen LogP contribution in [-0.2, 0) is 44.8 Å². The molecule has 0 unspecified atom stereocenters. The number of hydrogen-bond donors (Lipinski definition) is 5. The zero-order valence-corrected chi connectivity index (χ0v) is 26.4. The molecular formula is C30H47N5O9. The van der Waals surface area contributed by atoms with Crippen molar-refractivity contribution in [3.63, 3.8) is 0 Å². The van der Waals surface area contributed by atoms with E-state index in [0.717, 1.165) is 5.56 Å². The molecule has 0 aromatic heterocycles. The van der Waals surface area contributed by atoms with Crippen molar-refractivity contribution in [2.45, 2.75) is 91.1 Å². The third kappa shape index (κ3) is 16.4. The summed E-state index contributed by atoms with van der Waals surface area (Å²) in [6.45, 7) is 10.3. The summed E-state index contributed by atoms with van der Waals surface area (Å²) in [5.74, 6) is -3.77. The molecule has 0 aliphatic heterocycles. The Hall–Kier alpha value is -4.20. The fraction of sp³-hybridized carbons (Fsp3) is 0.600. The molecule has 0 spiro atoms. The first kappa shape index (κ1) is 37.8. The minimum absolute atomic E-state index is 0.0139. The van der Waals surface area contributed by atoms with Gasteiger partial charge < -0.3 is 41.2 Å². The Bertz CT molecular complexity index is 1110. The number of alkyl carbamates (subject to hydrolysis) is 1. The first-order valence-corrected chi connectivity index (χ1v) is 14.5. The molecular weight excluding hydrogens is 574 g/mol. The molecule has 1 rings (SSSR count). The summed E-state index contributed by atoms with van der Waals surface area (Å²) in [5.41, 5.74) is 5.45. The lowest BCUT2D eigenvalue weighted by atomic mass is 10.0. The molecule has 0 saturated carbocycles. The number of nitrogens with one attached hydrogen (secondary N) is 4. The van der Waals surface area contributed by atoms with Crippen LogP contribution in [0, 0.1) is 5.92 Å². The molecule has 14 heteroatoms. The summed E-state index contributed by atoms with van der Waals surface area (Å²) in [6.07, 6.45) is -1.21. The van der Waals surface area contributed by atoms with Crippen molar-refractivity contribution in [2.75, 3.05) is 19.8 Å². The number of carbonyl (C=O) groups is 6. The van der Waals surface area contributed by atoms with Gasteiger partial charge in [0.15, 0.2) is 0 Å². The van der Waals surface area contributed by atoms with E-state index in [1.807, 2.05) is 44.2 Å². The van der Waals surface area contributed by atoms with E-state index in [0.29, 0.717) is 0 Å². The molecule has 0 radical (unpaired) electrons. The fourth-order valence-electron chi connectivity index (χ4n) is 3.79. The molecule has 0 aliphatic rings. The van der Waals surface area contributed by atoms with Crippen molar-refractivity contribution in [1.82, 2.24) is 21.3 Å². The van der Waals surface area contributed by atoms with Crippen LogP contribution in [0.4, 0.5) is 4.79 Å². The molecule has 1 aromatic rings. The second-order valence-electron chi connectivity index (χ2n) is 11.5. The minimum Gasteiger partial charge on any atom is -0.464 e. The normalized spacial score (nSPS) is 13.2. The number of esters is 1. The lowest BCUT2D eigenvalue weighted by Gasteiger charge is -2.25. The topological polar surface area (TPSA) is 204 Å². The van der Waals surface area contributed by atoms with Crippen LogP contribution >= 0.6 is 0 Å². The maximum Gasteiger partial charge on any atom is 0.407 e. The van der Waals surface area contributed by atoms with E-state index in [1.165, 1.54) is 0 Å². The molecule has 44 heavy (non-hydrogen) atoms. The van der Waals surface area contributed by atoms with Crippen molar-refractivity contribution in [3.8, 4) is 0 Å². The fourth-order valence-corrected chi connectivity index (χ4v) is 3.79. The van der Waals surface area contributed by atoms with Crippen molar-refractivity contribution in [2.24, 2.45) is 11.7 Å². The van der Waals surface area contributed by atoms with E-state index >= 15 is 0 Å². The molecule has 5 amide bonds. The lowest BCUT2D eigenvalue weighted by Crippen LogP contribution is -2.57. The summed E-state index contributed by atoms with van der Waals surface area (Å²) >= 11 is 0. The molecule has 0 bridgehead atoms. The van der Waals surface area contributed by atoms with Crippen LogP contribution in [0.15, 0.2) is 30.3 Å². The largest absolute Gasteiger partial charge is 0.464 e. The average molecular weight is 622 g/mol. The second kappa shape index (κ2) is 19.2. The van der Waals surface area contributed by atoms with Crippen LogP contribution in [0.5, 0.6) is 0 Å². The SMILES string of the molecule is CCOC(=O)[C@H](CC(C)C)NC(=O)[C@H](CC(N)=O)NC(=O)[C@H](COCc1ccccc1)NC(=O)CCNC(=O)OC(C)(C)C. The number of hydrogen-bond acceptors (Lipinski definition) is 9. The van der Waals surface area contributed by atoms with Gasteiger partial charge in [0.2, 0.25) is 23.6 Å². The number of amides is 5. The van der Waals surface area contributed by atoms with Crippen LogP contribution in [0.1, 0.15) is 66.4 Å². The third-order valence-electron chi connectivity index (χ3n) is 5.70. The Morgan fingerprint density at radius 2 is 1.50 bits per heavy atom.